The Balaban J connectivity index is 2.26. The van der Waals surface area contributed by atoms with Crippen molar-refractivity contribution in [1.29, 1.82) is 0 Å². The molecule has 0 saturated carbocycles. The molecular formula is C14H15N3S2. The maximum atomic E-state index is 5.76. The second-order valence-corrected chi connectivity index (χ2v) is 5.56. The Labute approximate surface area is 121 Å². The van der Waals surface area contributed by atoms with Gasteiger partial charge in [0.05, 0.1) is 11.4 Å². The van der Waals surface area contributed by atoms with Crippen LogP contribution in [-0.2, 0) is 0 Å². The Morgan fingerprint density at radius 1 is 0.947 bits per heavy atom. The van der Waals surface area contributed by atoms with Crippen molar-refractivity contribution in [2.45, 2.75) is 9.79 Å². The van der Waals surface area contributed by atoms with E-state index in [0.29, 0.717) is 0 Å². The van der Waals surface area contributed by atoms with Gasteiger partial charge >= 0.3 is 0 Å². The van der Waals surface area contributed by atoms with E-state index < -0.39 is 0 Å². The third kappa shape index (κ3) is 3.75. The van der Waals surface area contributed by atoms with E-state index in [1.807, 2.05) is 48.9 Å². The summed E-state index contributed by atoms with van der Waals surface area (Å²) in [5, 5.41) is 8.58. The molecule has 0 saturated heterocycles. The van der Waals surface area contributed by atoms with Gasteiger partial charge in [-0.25, -0.2) is 0 Å². The van der Waals surface area contributed by atoms with E-state index in [4.69, 9.17) is 5.73 Å². The fraction of sp³-hybridized carbons (Fsp3) is 0.143. The average molecular weight is 289 g/mol. The van der Waals surface area contributed by atoms with E-state index in [0.717, 1.165) is 22.0 Å². The van der Waals surface area contributed by atoms with Crippen LogP contribution in [0.2, 0.25) is 0 Å². The molecule has 2 rings (SSSR count). The maximum Gasteiger partial charge on any atom is 0.0994 e. The Hall–Kier alpha value is -1.46. The zero-order valence-corrected chi connectivity index (χ0v) is 12.5. The number of benzene rings is 2. The molecule has 0 aliphatic carbocycles. The second kappa shape index (κ2) is 6.63. The SMILES string of the molecule is CSc1cccc(N=Nc2ccc(N)cc2SC)c1. The molecule has 0 unspecified atom stereocenters. The lowest BCUT2D eigenvalue weighted by molar-refractivity contribution is 1.19. The Kier molecular flexibility index (Phi) is 4.87. The molecule has 19 heavy (non-hydrogen) atoms. The van der Waals surface area contributed by atoms with Crippen LogP contribution in [0.4, 0.5) is 17.1 Å². The molecule has 98 valence electrons. The van der Waals surface area contributed by atoms with Crippen molar-refractivity contribution in [3.8, 4) is 0 Å². The van der Waals surface area contributed by atoms with Crippen LogP contribution in [0.1, 0.15) is 0 Å². The summed E-state index contributed by atoms with van der Waals surface area (Å²) in [5.74, 6) is 0. The van der Waals surface area contributed by atoms with Gasteiger partial charge in [0.1, 0.15) is 0 Å². The summed E-state index contributed by atoms with van der Waals surface area (Å²) in [6.45, 7) is 0. The summed E-state index contributed by atoms with van der Waals surface area (Å²) in [5.41, 5.74) is 8.20. The summed E-state index contributed by atoms with van der Waals surface area (Å²) in [7, 11) is 0. The maximum absolute atomic E-state index is 5.76. The first-order chi connectivity index (χ1) is 9.22. The fourth-order valence-corrected chi connectivity index (χ4v) is 2.59. The molecule has 0 radical (unpaired) electrons. The van der Waals surface area contributed by atoms with Crippen LogP contribution in [-0.4, -0.2) is 12.5 Å². The number of nitrogen functional groups attached to an aromatic ring is 1. The molecule has 0 heterocycles. The van der Waals surface area contributed by atoms with Crippen LogP contribution in [0, 0.1) is 0 Å². The molecule has 0 aromatic heterocycles. The summed E-state index contributed by atoms with van der Waals surface area (Å²) >= 11 is 3.31. The molecule has 0 bridgehead atoms. The topological polar surface area (TPSA) is 50.7 Å². The summed E-state index contributed by atoms with van der Waals surface area (Å²) in [6, 6.07) is 13.6. The highest BCUT2D eigenvalue weighted by molar-refractivity contribution is 7.99. The zero-order chi connectivity index (χ0) is 13.7. The van der Waals surface area contributed by atoms with Crippen molar-refractivity contribution in [1.82, 2.24) is 0 Å². The van der Waals surface area contributed by atoms with E-state index in [1.165, 1.54) is 4.90 Å². The Morgan fingerprint density at radius 2 is 1.79 bits per heavy atom. The number of hydrogen-bond acceptors (Lipinski definition) is 5. The first-order valence-electron chi connectivity index (χ1n) is 5.72. The molecule has 0 fully saturated rings. The summed E-state index contributed by atoms with van der Waals surface area (Å²) < 4.78 is 0. The number of rotatable bonds is 4. The third-order valence-electron chi connectivity index (χ3n) is 2.53. The van der Waals surface area contributed by atoms with Crippen LogP contribution < -0.4 is 5.73 Å². The van der Waals surface area contributed by atoms with E-state index in [-0.39, 0.29) is 0 Å². The minimum atomic E-state index is 0.743. The molecule has 0 amide bonds. The predicted molar refractivity (Wildman–Crippen MR) is 85.0 cm³/mol. The zero-order valence-electron chi connectivity index (χ0n) is 10.8. The van der Waals surface area contributed by atoms with Gasteiger partial charge in [-0.1, -0.05) is 6.07 Å². The van der Waals surface area contributed by atoms with E-state index in [9.17, 15) is 0 Å². The fourth-order valence-electron chi connectivity index (χ4n) is 1.56. The molecule has 0 aliphatic heterocycles. The number of thioether (sulfide) groups is 2. The van der Waals surface area contributed by atoms with Gasteiger partial charge in [0.2, 0.25) is 0 Å². The lowest BCUT2D eigenvalue weighted by Gasteiger charge is -2.02. The van der Waals surface area contributed by atoms with Gasteiger partial charge < -0.3 is 5.73 Å². The minimum Gasteiger partial charge on any atom is -0.399 e. The largest absolute Gasteiger partial charge is 0.399 e. The molecule has 0 aliphatic rings. The van der Waals surface area contributed by atoms with Gasteiger partial charge in [0, 0.05) is 15.5 Å². The van der Waals surface area contributed by atoms with E-state index in [1.54, 1.807) is 23.5 Å². The van der Waals surface area contributed by atoms with Gasteiger partial charge in [0.25, 0.3) is 0 Å². The van der Waals surface area contributed by atoms with E-state index in [2.05, 4.69) is 16.3 Å². The highest BCUT2D eigenvalue weighted by Crippen LogP contribution is 2.31. The molecule has 2 N–H and O–H groups in total. The molecule has 0 spiro atoms. The second-order valence-electron chi connectivity index (χ2n) is 3.83. The van der Waals surface area contributed by atoms with Crippen LogP contribution in [0.15, 0.2) is 62.5 Å². The van der Waals surface area contributed by atoms with Crippen molar-refractivity contribution in [3.05, 3.63) is 42.5 Å². The normalized spacial score (nSPS) is 11.1. The van der Waals surface area contributed by atoms with Gasteiger partial charge in [-0.05, 0) is 48.9 Å². The van der Waals surface area contributed by atoms with Crippen molar-refractivity contribution in [2.24, 2.45) is 10.2 Å². The highest BCUT2D eigenvalue weighted by Gasteiger charge is 2.01. The first kappa shape index (κ1) is 14.0. The molecule has 3 nitrogen and oxygen atoms in total. The molecule has 2 aromatic carbocycles. The van der Waals surface area contributed by atoms with Gasteiger partial charge in [0.15, 0.2) is 0 Å². The third-order valence-corrected chi connectivity index (χ3v) is 4.02. The number of anilines is 1. The van der Waals surface area contributed by atoms with Crippen LogP contribution >= 0.6 is 23.5 Å². The van der Waals surface area contributed by atoms with Crippen molar-refractivity contribution in [3.63, 3.8) is 0 Å². The van der Waals surface area contributed by atoms with Gasteiger partial charge in [-0.3, -0.25) is 0 Å². The molecule has 2 aromatic rings. The molecular weight excluding hydrogens is 274 g/mol. The van der Waals surface area contributed by atoms with Gasteiger partial charge in [-0.2, -0.15) is 5.11 Å². The molecule has 0 atom stereocenters. The molecule has 5 heteroatoms. The summed E-state index contributed by atoms with van der Waals surface area (Å²) in [4.78, 5) is 2.21. The average Bonchev–Trinajstić information content (AvgIpc) is 2.46. The highest BCUT2D eigenvalue weighted by atomic mass is 32.2. The van der Waals surface area contributed by atoms with Crippen LogP contribution in [0.25, 0.3) is 0 Å². The van der Waals surface area contributed by atoms with Gasteiger partial charge in [-0.15, -0.1) is 28.6 Å². The minimum absolute atomic E-state index is 0.743. The number of nitrogens with zero attached hydrogens (tertiary/aromatic N) is 2. The smallest absolute Gasteiger partial charge is 0.0994 e. The number of nitrogens with two attached hydrogens (primary N) is 1. The number of azo groups is 1. The predicted octanol–water partition coefficient (Wildman–Crippen LogP) is 5.13. The van der Waals surface area contributed by atoms with Crippen molar-refractivity contribution in [2.75, 3.05) is 18.2 Å². The van der Waals surface area contributed by atoms with E-state index >= 15 is 0 Å². The summed E-state index contributed by atoms with van der Waals surface area (Å²) in [6.07, 6.45) is 4.05. The Bertz CT molecular complexity index is 597. The monoisotopic (exact) mass is 289 g/mol. The standard InChI is InChI=1S/C14H15N3S2/c1-18-12-5-3-4-11(9-12)16-17-13-7-6-10(15)8-14(13)19-2/h3-9H,15H2,1-2H3. The Morgan fingerprint density at radius 3 is 2.53 bits per heavy atom. The first-order valence-corrected chi connectivity index (χ1v) is 8.17. The lowest BCUT2D eigenvalue weighted by Crippen LogP contribution is -1.83. The van der Waals surface area contributed by atoms with Crippen molar-refractivity contribution < 1.29 is 0 Å². The van der Waals surface area contributed by atoms with Crippen LogP contribution in [0.5, 0.6) is 0 Å². The lowest BCUT2D eigenvalue weighted by atomic mass is 10.3. The quantitative estimate of drug-likeness (QED) is 0.482. The van der Waals surface area contributed by atoms with Crippen molar-refractivity contribution >= 4 is 40.6 Å². The van der Waals surface area contributed by atoms with Crippen LogP contribution in [0.3, 0.4) is 0 Å². The number of hydrogen-bond donors (Lipinski definition) is 1.